The van der Waals surface area contributed by atoms with E-state index in [1.165, 1.54) is 21.9 Å². The smallest absolute Gasteiger partial charge is 0.449 e. The second kappa shape index (κ2) is 9.44. The van der Waals surface area contributed by atoms with Crippen LogP contribution in [0.2, 0.25) is 0 Å². The molecule has 4 nitrogen and oxygen atoms in total. The van der Waals surface area contributed by atoms with Crippen LogP contribution in [0, 0.1) is 6.92 Å². The predicted octanol–water partition coefficient (Wildman–Crippen LogP) is 7.92. The molecule has 5 rings (SSSR count). The Morgan fingerprint density at radius 3 is 2.32 bits per heavy atom. The molecular formula is C30H27NO3. The number of aromatic amines is 1. The van der Waals surface area contributed by atoms with Crippen molar-refractivity contribution in [1.29, 1.82) is 0 Å². The van der Waals surface area contributed by atoms with Crippen molar-refractivity contribution >= 4 is 27.8 Å². The van der Waals surface area contributed by atoms with Gasteiger partial charge in [-0.05, 0) is 60.1 Å². The molecule has 0 radical (unpaired) electrons. The molecule has 0 aliphatic heterocycles. The van der Waals surface area contributed by atoms with Gasteiger partial charge in [-0.15, -0.1) is 0 Å². The first-order chi connectivity index (χ1) is 16.6. The Labute approximate surface area is 198 Å². The average molecular weight is 450 g/mol. The molecule has 0 saturated heterocycles. The van der Waals surface area contributed by atoms with Crippen molar-refractivity contribution in [3.8, 4) is 17.0 Å². The van der Waals surface area contributed by atoms with Crippen molar-refractivity contribution in [2.45, 2.75) is 32.6 Å². The zero-order valence-electron chi connectivity index (χ0n) is 19.2. The van der Waals surface area contributed by atoms with Gasteiger partial charge in [-0.25, -0.2) is 4.79 Å². The second-order valence-electron chi connectivity index (χ2n) is 8.69. The number of hydrogen-bond acceptors (Lipinski definition) is 2. The summed E-state index contributed by atoms with van der Waals surface area (Å²) in [6, 6.07) is 29.3. The molecule has 0 fully saturated rings. The van der Waals surface area contributed by atoms with Crippen molar-refractivity contribution in [3.63, 3.8) is 0 Å². The minimum atomic E-state index is -1.30. The third kappa shape index (κ3) is 4.27. The zero-order valence-corrected chi connectivity index (χ0v) is 19.2. The molecule has 0 saturated carbocycles. The van der Waals surface area contributed by atoms with Gasteiger partial charge < -0.3 is 14.8 Å². The van der Waals surface area contributed by atoms with Gasteiger partial charge in [0.25, 0.3) is 0 Å². The van der Waals surface area contributed by atoms with E-state index >= 15 is 0 Å². The number of aromatic nitrogens is 1. The monoisotopic (exact) mass is 449 g/mol. The third-order valence-electron chi connectivity index (χ3n) is 6.53. The lowest BCUT2D eigenvalue weighted by Crippen LogP contribution is -2.05. The van der Waals surface area contributed by atoms with Crippen LogP contribution < -0.4 is 4.74 Å². The van der Waals surface area contributed by atoms with Crippen LogP contribution in [-0.2, 0) is 12.8 Å². The van der Waals surface area contributed by atoms with Crippen molar-refractivity contribution in [3.05, 3.63) is 102 Å². The molecule has 0 bridgehead atoms. The number of para-hydroxylation sites is 1. The number of hydrogen-bond donors (Lipinski definition) is 2. The maximum Gasteiger partial charge on any atom is 0.512 e. The molecule has 4 heteroatoms. The molecule has 0 spiro atoms. The Hall–Kier alpha value is -4.05. The fraction of sp³-hybridized carbons (Fsp3) is 0.167. The predicted molar refractivity (Wildman–Crippen MR) is 138 cm³/mol. The minimum absolute atomic E-state index is 0.327. The van der Waals surface area contributed by atoms with E-state index in [4.69, 9.17) is 4.74 Å². The van der Waals surface area contributed by atoms with E-state index in [0.717, 1.165) is 53.3 Å². The second-order valence-corrected chi connectivity index (χ2v) is 8.69. The number of ether oxygens (including phenoxy) is 1. The average Bonchev–Trinajstić information content (AvgIpc) is 3.18. The van der Waals surface area contributed by atoms with Crippen molar-refractivity contribution in [1.82, 2.24) is 4.98 Å². The van der Waals surface area contributed by atoms with E-state index in [1.54, 1.807) is 0 Å². The van der Waals surface area contributed by atoms with Crippen LogP contribution in [0.25, 0.3) is 32.8 Å². The SMILES string of the molecule is Cc1ccccc1-c1cccc2c(CCCCc3cccc4ccccc34)c(OC(=O)O)[nH]c12. The van der Waals surface area contributed by atoms with E-state index in [2.05, 4.69) is 72.6 Å². The van der Waals surface area contributed by atoms with Crippen molar-refractivity contribution in [2.75, 3.05) is 0 Å². The van der Waals surface area contributed by atoms with Gasteiger partial charge in [0.1, 0.15) is 0 Å². The summed E-state index contributed by atoms with van der Waals surface area (Å²) < 4.78 is 5.19. The maximum absolute atomic E-state index is 11.4. The number of nitrogens with one attached hydrogen (secondary N) is 1. The molecule has 5 aromatic rings. The molecule has 1 heterocycles. The minimum Gasteiger partial charge on any atom is -0.449 e. The van der Waals surface area contributed by atoms with Crippen LogP contribution >= 0.6 is 0 Å². The summed E-state index contributed by atoms with van der Waals surface area (Å²) in [6.07, 6.45) is 2.35. The fourth-order valence-corrected chi connectivity index (χ4v) is 4.90. The number of benzene rings is 4. The number of H-pyrrole nitrogens is 1. The summed E-state index contributed by atoms with van der Waals surface area (Å²) in [5, 5.41) is 12.9. The van der Waals surface area contributed by atoms with Crippen LogP contribution in [0.1, 0.15) is 29.5 Å². The Bertz CT molecular complexity index is 1480. The van der Waals surface area contributed by atoms with Gasteiger partial charge in [0, 0.05) is 16.5 Å². The molecule has 4 aromatic carbocycles. The number of unbranched alkanes of at least 4 members (excludes halogenated alkanes) is 1. The summed E-state index contributed by atoms with van der Waals surface area (Å²) in [5.74, 6) is 0.327. The highest BCUT2D eigenvalue weighted by Crippen LogP contribution is 2.37. The molecule has 34 heavy (non-hydrogen) atoms. The lowest BCUT2D eigenvalue weighted by Gasteiger charge is -2.08. The van der Waals surface area contributed by atoms with E-state index in [0.29, 0.717) is 5.88 Å². The summed E-state index contributed by atoms with van der Waals surface area (Å²) in [6.45, 7) is 2.08. The van der Waals surface area contributed by atoms with E-state index in [1.807, 2.05) is 24.3 Å². The Balaban J connectivity index is 1.42. The lowest BCUT2D eigenvalue weighted by molar-refractivity contribution is 0.142. The highest BCUT2D eigenvalue weighted by Gasteiger charge is 2.18. The number of fused-ring (bicyclic) bond motifs is 2. The Kier molecular flexibility index (Phi) is 6.05. The Morgan fingerprint density at radius 1 is 0.794 bits per heavy atom. The van der Waals surface area contributed by atoms with Gasteiger partial charge in [-0.3, -0.25) is 0 Å². The summed E-state index contributed by atoms with van der Waals surface area (Å²) >= 11 is 0. The fourth-order valence-electron chi connectivity index (χ4n) is 4.90. The highest BCUT2D eigenvalue weighted by atomic mass is 16.7. The largest absolute Gasteiger partial charge is 0.512 e. The quantitative estimate of drug-likeness (QED) is 0.196. The lowest BCUT2D eigenvalue weighted by atomic mass is 9.96. The van der Waals surface area contributed by atoms with Crippen molar-refractivity contribution < 1.29 is 14.6 Å². The maximum atomic E-state index is 11.4. The van der Waals surface area contributed by atoms with Gasteiger partial charge in [-0.2, -0.15) is 0 Å². The van der Waals surface area contributed by atoms with E-state index in [-0.39, 0.29) is 0 Å². The first-order valence-corrected chi connectivity index (χ1v) is 11.7. The van der Waals surface area contributed by atoms with Gasteiger partial charge in [0.2, 0.25) is 5.88 Å². The molecule has 0 aliphatic rings. The molecule has 2 N–H and O–H groups in total. The van der Waals surface area contributed by atoms with Crippen LogP contribution in [0.5, 0.6) is 5.88 Å². The van der Waals surface area contributed by atoms with Crippen LogP contribution in [0.3, 0.4) is 0 Å². The molecule has 0 amide bonds. The molecule has 0 atom stereocenters. The van der Waals surface area contributed by atoms with Gasteiger partial charge in [0.05, 0.1) is 5.52 Å². The van der Waals surface area contributed by atoms with Crippen molar-refractivity contribution in [2.24, 2.45) is 0 Å². The van der Waals surface area contributed by atoms with Gasteiger partial charge >= 0.3 is 6.16 Å². The molecule has 0 aliphatic carbocycles. The zero-order chi connectivity index (χ0) is 23.5. The van der Waals surface area contributed by atoms with Gasteiger partial charge in [-0.1, -0.05) is 84.9 Å². The third-order valence-corrected chi connectivity index (χ3v) is 6.53. The standard InChI is InChI=1S/C30H27NO3/c1-20-10-2-5-15-23(20)25-18-9-19-26-27(29(31-28(25)26)34-30(32)33)17-7-4-12-22-14-8-13-21-11-3-6-16-24(21)22/h2-3,5-6,8-11,13-16,18-19,31H,4,7,12,17H2,1H3,(H,32,33). The number of rotatable bonds is 7. The topological polar surface area (TPSA) is 62.3 Å². The summed E-state index contributed by atoms with van der Waals surface area (Å²) in [4.78, 5) is 14.7. The van der Waals surface area contributed by atoms with E-state index in [9.17, 15) is 9.90 Å². The Morgan fingerprint density at radius 2 is 1.47 bits per heavy atom. The number of carboxylic acid groups (broad SMARTS) is 1. The highest BCUT2D eigenvalue weighted by molar-refractivity contribution is 5.98. The molecule has 0 unspecified atom stereocenters. The molecule has 1 aromatic heterocycles. The van der Waals surface area contributed by atoms with Crippen LogP contribution in [-0.4, -0.2) is 16.2 Å². The summed E-state index contributed by atoms with van der Waals surface area (Å²) in [7, 11) is 0. The number of carbonyl (C=O) groups is 1. The first-order valence-electron chi connectivity index (χ1n) is 11.7. The van der Waals surface area contributed by atoms with Crippen LogP contribution in [0.4, 0.5) is 4.79 Å². The molecular weight excluding hydrogens is 422 g/mol. The normalized spacial score (nSPS) is 11.2. The molecule has 170 valence electrons. The first kappa shape index (κ1) is 21.8. The van der Waals surface area contributed by atoms with E-state index < -0.39 is 6.16 Å². The number of aryl methyl sites for hydroxylation is 3. The van der Waals surface area contributed by atoms with Gasteiger partial charge in [0.15, 0.2) is 0 Å². The summed E-state index contributed by atoms with van der Waals surface area (Å²) in [5.41, 5.74) is 6.53. The van der Waals surface area contributed by atoms with Crippen LogP contribution in [0.15, 0.2) is 84.9 Å².